The Balaban J connectivity index is 1.55. The summed E-state index contributed by atoms with van der Waals surface area (Å²) in [5.74, 6) is -0.468. The maximum atomic E-state index is 12.9. The highest BCUT2D eigenvalue weighted by molar-refractivity contribution is 6.06. The molecule has 0 fully saturated rings. The number of alkyl halides is 3. The van der Waals surface area contributed by atoms with Crippen molar-refractivity contribution in [1.82, 2.24) is 9.55 Å². The molecule has 4 aromatic rings. The average molecular weight is 426 g/mol. The number of nitrogens with one attached hydrogen (secondary N) is 2. The first-order valence-electron chi connectivity index (χ1n) is 9.26. The van der Waals surface area contributed by atoms with Crippen LogP contribution in [0.4, 0.5) is 29.3 Å². The number of rotatable bonds is 4. The molecule has 0 aliphatic heterocycles. The number of nitrogens with zero attached hydrogens (tertiary/aromatic N) is 2. The molecule has 0 atom stereocenters. The number of benzene rings is 2. The van der Waals surface area contributed by atoms with Crippen molar-refractivity contribution in [1.29, 1.82) is 0 Å². The number of pyridine rings is 1. The molecule has 0 saturated carbocycles. The van der Waals surface area contributed by atoms with Gasteiger partial charge in [-0.05, 0) is 54.1 Å². The Morgan fingerprint density at radius 3 is 2.48 bits per heavy atom. The molecule has 3 N–H and O–H groups in total. The van der Waals surface area contributed by atoms with Gasteiger partial charge in [0.25, 0.3) is 0 Å². The summed E-state index contributed by atoms with van der Waals surface area (Å²) in [4.78, 5) is 16.4. The molecule has 0 spiro atoms. The lowest BCUT2D eigenvalue weighted by atomic mass is 10.2. The van der Waals surface area contributed by atoms with Crippen molar-refractivity contribution in [2.45, 2.75) is 12.7 Å². The highest BCUT2D eigenvalue weighted by atomic mass is 19.4. The largest absolute Gasteiger partial charge is 0.506 e. The van der Waals surface area contributed by atoms with E-state index in [1.807, 2.05) is 35.0 Å². The van der Waals surface area contributed by atoms with E-state index in [4.69, 9.17) is 0 Å². The third-order valence-electron chi connectivity index (χ3n) is 4.74. The Hall–Kier alpha value is -4.01. The van der Waals surface area contributed by atoms with Gasteiger partial charge in [-0.1, -0.05) is 6.07 Å². The number of amides is 2. The predicted octanol–water partition coefficient (Wildman–Crippen LogP) is 5.45. The summed E-state index contributed by atoms with van der Waals surface area (Å²) >= 11 is 0. The van der Waals surface area contributed by atoms with Crippen LogP contribution in [0.15, 0.2) is 73.2 Å². The van der Waals surface area contributed by atoms with Crippen LogP contribution in [0.2, 0.25) is 0 Å². The number of halogens is 3. The van der Waals surface area contributed by atoms with E-state index in [2.05, 4.69) is 15.6 Å². The number of phenols is 1. The minimum atomic E-state index is -4.59. The van der Waals surface area contributed by atoms with Crippen LogP contribution in [0, 0.1) is 0 Å². The zero-order chi connectivity index (χ0) is 22.0. The van der Waals surface area contributed by atoms with Crippen LogP contribution in [0.25, 0.3) is 10.9 Å². The lowest BCUT2D eigenvalue weighted by molar-refractivity contribution is -0.137. The summed E-state index contributed by atoms with van der Waals surface area (Å²) in [6.45, 7) is 0.611. The second kappa shape index (κ2) is 8.02. The molecule has 4 rings (SSSR count). The Morgan fingerprint density at radius 1 is 1.00 bits per heavy atom. The quantitative estimate of drug-likeness (QED) is 0.380. The van der Waals surface area contributed by atoms with Crippen LogP contribution in [0.3, 0.4) is 0 Å². The number of hydrogen-bond donors (Lipinski definition) is 3. The fraction of sp³-hybridized carbons (Fsp3) is 0.0909. The molecule has 158 valence electrons. The molecule has 6 nitrogen and oxygen atoms in total. The summed E-state index contributed by atoms with van der Waals surface area (Å²) < 4.78 is 40.7. The molecule has 0 aliphatic rings. The van der Waals surface area contributed by atoms with E-state index in [0.29, 0.717) is 18.3 Å². The van der Waals surface area contributed by atoms with Crippen LogP contribution < -0.4 is 10.6 Å². The van der Waals surface area contributed by atoms with Crippen LogP contribution in [-0.2, 0) is 12.7 Å². The van der Waals surface area contributed by atoms with Gasteiger partial charge in [-0.25, -0.2) is 4.79 Å². The van der Waals surface area contributed by atoms with E-state index >= 15 is 0 Å². The first-order chi connectivity index (χ1) is 14.8. The zero-order valence-electron chi connectivity index (χ0n) is 16.0. The lowest BCUT2D eigenvalue weighted by Crippen LogP contribution is -2.20. The van der Waals surface area contributed by atoms with Gasteiger partial charge in [-0.3, -0.25) is 4.98 Å². The Morgan fingerprint density at radius 2 is 1.74 bits per heavy atom. The minimum Gasteiger partial charge on any atom is -0.506 e. The van der Waals surface area contributed by atoms with E-state index in [9.17, 15) is 23.1 Å². The molecule has 0 unspecified atom stereocenters. The van der Waals surface area contributed by atoms with E-state index in [1.54, 1.807) is 24.5 Å². The molecule has 2 amide bonds. The van der Waals surface area contributed by atoms with Crippen LogP contribution in [0.5, 0.6) is 5.75 Å². The van der Waals surface area contributed by atoms with E-state index in [1.165, 1.54) is 0 Å². The zero-order valence-corrected chi connectivity index (χ0v) is 16.0. The Kier molecular flexibility index (Phi) is 5.24. The number of carbonyl (C=O) groups excluding carboxylic acids is 1. The number of urea groups is 1. The second-order valence-electron chi connectivity index (χ2n) is 6.85. The van der Waals surface area contributed by atoms with Gasteiger partial charge in [0, 0.05) is 30.5 Å². The van der Waals surface area contributed by atoms with Gasteiger partial charge in [0.1, 0.15) is 5.75 Å². The first kappa shape index (κ1) is 20.3. The molecule has 0 bridgehead atoms. The summed E-state index contributed by atoms with van der Waals surface area (Å²) in [7, 11) is 0. The molecule has 0 saturated heterocycles. The standard InChI is InChI=1S/C22H17F3N4O2/c23-22(24,25)15-4-5-20(30)18(12-15)28-21(31)27-17-2-1-3-19-16(17)8-11-29(19)13-14-6-9-26-10-7-14/h1-12,30H,13H2,(H2,27,28,31). The van der Waals surface area contributed by atoms with Gasteiger partial charge in [0.05, 0.1) is 22.5 Å². The number of anilines is 2. The monoisotopic (exact) mass is 426 g/mol. The summed E-state index contributed by atoms with van der Waals surface area (Å²) in [6, 6.07) is 12.5. The van der Waals surface area contributed by atoms with E-state index in [-0.39, 0.29) is 5.69 Å². The average Bonchev–Trinajstić information content (AvgIpc) is 3.13. The van der Waals surface area contributed by atoms with Gasteiger partial charge in [-0.15, -0.1) is 0 Å². The normalized spacial score (nSPS) is 11.5. The Labute approximate surface area is 175 Å². The van der Waals surface area contributed by atoms with Gasteiger partial charge in [-0.2, -0.15) is 13.2 Å². The van der Waals surface area contributed by atoms with Crippen molar-refractivity contribution in [2.24, 2.45) is 0 Å². The molecule has 0 aliphatic carbocycles. The molecule has 2 aromatic heterocycles. The van der Waals surface area contributed by atoms with Crippen molar-refractivity contribution in [2.75, 3.05) is 10.6 Å². The number of aromatic nitrogens is 2. The summed E-state index contributed by atoms with van der Waals surface area (Å²) in [6.07, 6.45) is 0.708. The topological polar surface area (TPSA) is 79.2 Å². The maximum Gasteiger partial charge on any atom is 0.416 e. The highest BCUT2D eigenvalue weighted by Gasteiger charge is 2.31. The van der Waals surface area contributed by atoms with Crippen molar-refractivity contribution >= 4 is 28.3 Å². The number of phenolic OH excluding ortho intramolecular Hbond substituents is 1. The van der Waals surface area contributed by atoms with E-state index < -0.39 is 23.5 Å². The number of fused-ring (bicyclic) bond motifs is 1. The number of aromatic hydroxyl groups is 1. The molecule has 2 heterocycles. The van der Waals surface area contributed by atoms with Crippen molar-refractivity contribution in [3.63, 3.8) is 0 Å². The van der Waals surface area contributed by atoms with Crippen LogP contribution >= 0.6 is 0 Å². The van der Waals surface area contributed by atoms with Gasteiger partial charge in [0.2, 0.25) is 0 Å². The van der Waals surface area contributed by atoms with E-state index in [0.717, 1.165) is 28.6 Å². The Bertz CT molecular complexity index is 1240. The fourth-order valence-electron chi connectivity index (χ4n) is 3.24. The maximum absolute atomic E-state index is 12.9. The molecule has 31 heavy (non-hydrogen) atoms. The number of hydrogen-bond acceptors (Lipinski definition) is 3. The summed E-state index contributed by atoms with van der Waals surface area (Å²) in [5, 5.41) is 15.5. The predicted molar refractivity (Wildman–Crippen MR) is 111 cm³/mol. The third kappa shape index (κ3) is 4.45. The van der Waals surface area contributed by atoms with Crippen LogP contribution in [-0.4, -0.2) is 20.7 Å². The number of carbonyl (C=O) groups is 1. The molecular weight excluding hydrogens is 409 g/mol. The summed E-state index contributed by atoms with van der Waals surface area (Å²) in [5.41, 5.74) is 1.10. The molecule has 2 aromatic carbocycles. The highest BCUT2D eigenvalue weighted by Crippen LogP contribution is 2.34. The van der Waals surface area contributed by atoms with Crippen molar-refractivity contribution < 1.29 is 23.1 Å². The molecular formula is C22H17F3N4O2. The SMILES string of the molecule is O=C(Nc1cc(C(F)(F)F)ccc1O)Nc1cccc2c1ccn2Cc1ccncc1. The van der Waals surface area contributed by atoms with Gasteiger partial charge in [0.15, 0.2) is 0 Å². The fourth-order valence-corrected chi connectivity index (χ4v) is 3.24. The minimum absolute atomic E-state index is 0.338. The van der Waals surface area contributed by atoms with Crippen molar-refractivity contribution in [3.05, 3.63) is 84.3 Å². The third-order valence-corrected chi connectivity index (χ3v) is 4.74. The smallest absolute Gasteiger partial charge is 0.416 e. The first-order valence-corrected chi connectivity index (χ1v) is 9.26. The van der Waals surface area contributed by atoms with Gasteiger partial charge < -0.3 is 20.3 Å². The molecule has 0 radical (unpaired) electrons. The van der Waals surface area contributed by atoms with Crippen molar-refractivity contribution in [3.8, 4) is 5.75 Å². The van der Waals surface area contributed by atoms with Gasteiger partial charge >= 0.3 is 12.2 Å². The lowest BCUT2D eigenvalue weighted by Gasteiger charge is -2.13. The van der Waals surface area contributed by atoms with Crippen LogP contribution in [0.1, 0.15) is 11.1 Å². The molecule has 9 heteroatoms. The second-order valence-corrected chi connectivity index (χ2v) is 6.85.